The van der Waals surface area contributed by atoms with Gasteiger partial charge < -0.3 is 9.73 Å². The van der Waals surface area contributed by atoms with Gasteiger partial charge in [0.2, 0.25) is 0 Å². The Morgan fingerprint density at radius 2 is 1.63 bits per heavy atom. The zero-order valence-electron chi connectivity index (χ0n) is 15.7. The molecule has 0 unspecified atom stereocenters. The highest BCUT2D eigenvalue weighted by Crippen LogP contribution is 2.30. The molecule has 0 atom stereocenters. The monoisotopic (exact) mass is 386 g/mol. The number of hydrogen-bond donors (Lipinski definition) is 2. The van der Waals surface area contributed by atoms with Gasteiger partial charge in [-0.3, -0.25) is 4.72 Å². The van der Waals surface area contributed by atoms with Crippen molar-refractivity contribution in [3.05, 3.63) is 63.5 Å². The van der Waals surface area contributed by atoms with E-state index in [1.54, 1.807) is 37.3 Å². The van der Waals surface area contributed by atoms with Gasteiger partial charge in [0, 0.05) is 11.9 Å². The Morgan fingerprint density at radius 1 is 0.963 bits per heavy atom. The summed E-state index contributed by atoms with van der Waals surface area (Å²) in [6, 6.07) is 10.4. The molecule has 7 heteroatoms. The lowest BCUT2D eigenvalue weighted by Gasteiger charge is -2.16. The van der Waals surface area contributed by atoms with Crippen LogP contribution in [-0.2, 0) is 10.0 Å². The summed E-state index contributed by atoms with van der Waals surface area (Å²) in [6.07, 6.45) is 0. The summed E-state index contributed by atoms with van der Waals surface area (Å²) < 4.78 is 33.8. The average molecular weight is 386 g/mol. The predicted octanol–water partition coefficient (Wildman–Crippen LogP) is 3.95. The molecule has 0 amide bonds. The Bertz CT molecular complexity index is 1180. The molecule has 0 saturated heterocycles. The summed E-state index contributed by atoms with van der Waals surface area (Å²) in [5, 5.41) is 3.72. The molecule has 0 aliphatic heterocycles. The summed E-state index contributed by atoms with van der Waals surface area (Å²) in [6.45, 7) is 7.89. The van der Waals surface area contributed by atoms with Crippen LogP contribution in [0.15, 0.2) is 50.5 Å². The summed E-state index contributed by atoms with van der Waals surface area (Å²) >= 11 is 0. The molecule has 0 fully saturated rings. The summed E-state index contributed by atoms with van der Waals surface area (Å²) in [4.78, 5) is 12.6. The Morgan fingerprint density at radius 3 is 2.33 bits per heavy atom. The van der Waals surface area contributed by atoms with E-state index in [0.29, 0.717) is 28.8 Å². The van der Waals surface area contributed by atoms with Crippen molar-refractivity contribution in [1.29, 1.82) is 0 Å². The van der Waals surface area contributed by atoms with Crippen molar-refractivity contribution in [2.24, 2.45) is 0 Å². The van der Waals surface area contributed by atoms with Gasteiger partial charge in [0.15, 0.2) is 5.69 Å². The van der Waals surface area contributed by atoms with Crippen LogP contribution in [0.2, 0.25) is 0 Å². The fourth-order valence-electron chi connectivity index (χ4n) is 3.02. The zero-order chi connectivity index (χ0) is 19.8. The second-order valence-corrected chi connectivity index (χ2v) is 8.12. The van der Waals surface area contributed by atoms with E-state index in [2.05, 4.69) is 10.0 Å². The molecule has 3 aromatic rings. The van der Waals surface area contributed by atoms with E-state index in [1.165, 1.54) is 0 Å². The molecule has 27 heavy (non-hydrogen) atoms. The Kier molecular flexibility index (Phi) is 4.97. The molecule has 0 aliphatic rings. The van der Waals surface area contributed by atoms with Crippen LogP contribution in [0.5, 0.6) is 0 Å². The SMILES string of the molecule is CCNc1c(NS(=O)(=O)c2cc(C)c(C)cc2C)c(=O)oc2ccccc12. The quantitative estimate of drug-likeness (QED) is 0.648. The molecular formula is C20H22N2O4S. The third-order valence-corrected chi connectivity index (χ3v) is 5.98. The van der Waals surface area contributed by atoms with Crippen molar-refractivity contribution in [2.75, 3.05) is 16.6 Å². The van der Waals surface area contributed by atoms with Crippen molar-refractivity contribution >= 4 is 32.4 Å². The van der Waals surface area contributed by atoms with Gasteiger partial charge in [0.05, 0.1) is 10.6 Å². The van der Waals surface area contributed by atoms with Gasteiger partial charge >= 0.3 is 5.63 Å². The van der Waals surface area contributed by atoms with Gasteiger partial charge in [-0.2, -0.15) is 0 Å². The lowest BCUT2D eigenvalue weighted by Crippen LogP contribution is -2.21. The standard InChI is InChI=1S/C20H22N2O4S/c1-5-21-18-15-8-6-7-9-16(15)26-20(23)19(18)22-27(24,25)17-11-13(3)12(2)10-14(17)4/h6-11,21-22H,5H2,1-4H3. The molecule has 3 rings (SSSR count). The Hall–Kier alpha value is -2.80. The second kappa shape index (κ2) is 7.08. The molecule has 0 radical (unpaired) electrons. The van der Waals surface area contributed by atoms with Crippen molar-refractivity contribution in [3.8, 4) is 0 Å². The molecular weight excluding hydrogens is 364 g/mol. The Labute approximate surface area is 158 Å². The van der Waals surface area contributed by atoms with Crippen LogP contribution in [0.4, 0.5) is 11.4 Å². The lowest BCUT2D eigenvalue weighted by atomic mass is 10.1. The van der Waals surface area contributed by atoms with Gasteiger partial charge in [0.1, 0.15) is 5.58 Å². The number of nitrogens with one attached hydrogen (secondary N) is 2. The number of aryl methyl sites for hydroxylation is 3. The van der Waals surface area contributed by atoms with Crippen LogP contribution in [0, 0.1) is 20.8 Å². The highest BCUT2D eigenvalue weighted by Gasteiger charge is 2.23. The molecule has 1 heterocycles. The maximum Gasteiger partial charge on any atom is 0.363 e. The minimum absolute atomic E-state index is 0.117. The van der Waals surface area contributed by atoms with Crippen LogP contribution < -0.4 is 15.7 Å². The molecule has 0 bridgehead atoms. The van der Waals surface area contributed by atoms with Crippen LogP contribution >= 0.6 is 0 Å². The molecule has 6 nitrogen and oxygen atoms in total. The average Bonchev–Trinajstić information content (AvgIpc) is 2.61. The lowest BCUT2D eigenvalue weighted by molar-refractivity contribution is 0.563. The van der Waals surface area contributed by atoms with E-state index >= 15 is 0 Å². The van der Waals surface area contributed by atoms with E-state index in [9.17, 15) is 13.2 Å². The highest BCUT2D eigenvalue weighted by atomic mass is 32.2. The normalized spacial score (nSPS) is 11.6. The van der Waals surface area contributed by atoms with Gasteiger partial charge in [-0.25, -0.2) is 13.2 Å². The zero-order valence-corrected chi connectivity index (χ0v) is 16.5. The number of sulfonamides is 1. The molecule has 142 valence electrons. The van der Waals surface area contributed by atoms with E-state index in [-0.39, 0.29) is 10.6 Å². The summed E-state index contributed by atoms with van der Waals surface area (Å²) in [7, 11) is -3.97. The van der Waals surface area contributed by atoms with Crippen LogP contribution in [0.3, 0.4) is 0 Å². The number of hydrogen-bond acceptors (Lipinski definition) is 5. The summed E-state index contributed by atoms with van der Waals surface area (Å²) in [5.41, 5.74) is 2.42. The molecule has 0 aliphatic carbocycles. The number of anilines is 2. The third kappa shape index (κ3) is 3.55. The first-order valence-corrected chi connectivity index (χ1v) is 10.1. The molecule has 1 aromatic heterocycles. The smallest absolute Gasteiger partial charge is 0.363 e. The second-order valence-electron chi connectivity index (χ2n) is 6.47. The van der Waals surface area contributed by atoms with Gasteiger partial charge in [-0.1, -0.05) is 18.2 Å². The van der Waals surface area contributed by atoms with E-state index in [0.717, 1.165) is 11.1 Å². The fourth-order valence-corrected chi connectivity index (χ4v) is 4.39. The Balaban J connectivity index is 2.19. The van der Waals surface area contributed by atoms with Gasteiger partial charge in [0.25, 0.3) is 10.0 Å². The van der Waals surface area contributed by atoms with Crippen molar-refractivity contribution in [2.45, 2.75) is 32.6 Å². The third-order valence-electron chi connectivity index (χ3n) is 4.48. The number of rotatable bonds is 5. The fraction of sp³-hybridized carbons (Fsp3) is 0.250. The number of para-hydroxylation sites is 1. The number of fused-ring (bicyclic) bond motifs is 1. The van der Waals surface area contributed by atoms with Gasteiger partial charge in [-0.05, 0) is 62.6 Å². The molecule has 2 aromatic carbocycles. The van der Waals surface area contributed by atoms with E-state index in [1.807, 2.05) is 26.8 Å². The highest BCUT2D eigenvalue weighted by molar-refractivity contribution is 7.92. The molecule has 2 N–H and O–H groups in total. The molecule has 0 spiro atoms. The first-order valence-electron chi connectivity index (χ1n) is 8.65. The maximum absolute atomic E-state index is 13.0. The van der Waals surface area contributed by atoms with Crippen LogP contribution in [-0.4, -0.2) is 15.0 Å². The van der Waals surface area contributed by atoms with Crippen LogP contribution in [0.25, 0.3) is 11.0 Å². The first kappa shape index (κ1) is 19.0. The van der Waals surface area contributed by atoms with Crippen LogP contribution in [0.1, 0.15) is 23.6 Å². The largest absolute Gasteiger partial charge is 0.421 e. The van der Waals surface area contributed by atoms with Crippen molar-refractivity contribution in [3.63, 3.8) is 0 Å². The minimum atomic E-state index is -3.97. The maximum atomic E-state index is 13.0. The first-order chi connectivity index (χ1) is 12.7. The summed E-state index contributed by atoms with van der Waals surface area (Å²) in [5.74, 6) is 0. The molecule has 0 saturated carbocycles. The topological polar surface area (TPSA) is 88.4 Å². The van der Waals surface area contributed by atoms with Gasteiger partial charge in [-0.15, -0.1) is 0 Å². The van der Waals surface area contributed by atoms with E-state index in [4.69, 9.17) is 4.42 Å². The van der Waals surface area contributed by atoms with Crippen molar-refractivity contribution < 1.29 is 12.8 Å². The van der Waals surface area contributed by atoms with E-state index < -0.39 is 15.6 Å². The predicted molar refractivity (Wildman–Crippen MR) is 108 cm³/mol. The van der Waals surface area contributed by atoms with Crippen molar-refractivity contribution in [1.82, 2.24) is 0 Å². The minimum Gasteiger partial charge on any atom is -0.421 e. The number of benzene rings is 2.